The molecule has 0 aliphatic carbocycles. The molecule has 0 saturated heterocycles. The van der Waals surface area contributed by atoms with E-state index < -0.39 is 0 Å². The number of hydrogen-bond donors (Lipinski definition) is 2. The highest BCUT2D eigenvalue weighted by Gasteiger charge is 2.05. The van der Waals surface area contributed by atoms with Gasteiger partial charge in [-0.15, -0.1) is 0 Å². The lowest BCUT2D eigenvalue weighted by Crippen LogP contribution is -1.99. The minimum Gasteiger partial charge on any atom is -0.396 e. The summed E-state index contributed by atoms with van der Waals surface area (Å²) in [6.45, 7) is 0. The molecule has 1 heterocycles. The van der Waals surface area contributed by atoms with Gasteiger partial charge in [0.1, 0.15) is 5.15 Å². The third-order valence-corrected chi connectivity index (χ3v) is 3.15. The number of halogens is 1. The second-order valence-electron chi connectivity index (χ2n) is 4.22. The number of nitrogens with two attached hydrogens (primary N) is 1. The molecule has 3 nitrogen and oxygen atoms in total. The Morgan fingerprint density at radius 2 is 1.74 bits per heavy atom. The highest BCUT2D eigenvalue weighted by atomic mass is 35.5. The molecule has 0 radical (unpaired) electrons. The summed E-state index contributed by atoms with van der Waals surface area (Å²) in [7, 11) is 0. The van der Waals surface area contributed by atoms with Crippen molar-refractivity contribution in [3.8, 4) is 0 Å². The maximum absolute atomic E-state index is 5.90. The van der Waals surface area contributed by atoms with E-state index in [0.29, 0.717) is 16.7 Å². The van der Waals surface area contributed by atoms with E-state index in [-0.39, 0.29) is 0 Å². The van der Waals surface area contributed by atoms with Gasteiger partial charge in [-0.2, -0.15) is 0 Å². The molecule has 0 atom stereocenters. The Hall–Kier alpha value is -2.26. The number of aromatic nitrogens is 1. The summed E-state index contributed by atoms with van der Waals surface area (Å²) in [5.74, 6) is 0.573. The van der Waals surface area contributed by atoms with Crippen LogP contribution in [0.15, 0.2) is 54.6 Å². The van der Waals surface area contributed by atoms with Crippen molar-refractivity contribution >= 4 is 39.6 Å². The molecular weight excluding hydrogens is 258 g/mol. The minimum absolute atomic E-state index is 0.414. The van der Waals surface area contributed by atoms with Gasteiger partial charge in [-0.1, -0.05) is 48.0 Å². The maximum Gasteiger partial charge on any atom is 0.155 e. The lowest BCUT2D eigenvalue weighted by Gasteiger charge is -2.11. The fourth-order valence-corrected chi connectivity index (χ4v) is 2.16. The predicted octanol–water partition coefficient (Wildman–Crippen LogP) is 4.21. The number of pyridine rings is 1. The molecule has 0 saturated carbocycles. The number of rotatable bonds is 2. The highest BCUT2D eigenvalue weighted by molar-refractivity contribution is 6.29. The zero-order valence-electron chi connectivity index (χ0n) is 10.1. The van der Waals surface area contributed by atoms with Gasteiger partial charge in [0, 0.05) is 11.1 Å². The van der Waals surface area contributed by atoms with Crippen LogP contribution < -0.4 is 11.1 Å². The summed E-state index contributed by atoms with van der Waals surface area (Å²) in [6.07, 6.45) is 0. The van der Waals surface area contributed by atoms with Crippen molar-refractivity contribution < 1.29 is 0 Å². The van der Waals surface area contributed by atoms with Gasteiger partial charge in [0.15, 0.2) is 5.82 Å². The number of nitrogens with one attached hydrogen (secondary N) is 1. The fourth-order valence-electron chi connectivity index (χ4n) is 2.01. The first-order chi connectivity index (χ1) is 9.24. The van der Waals surface area contributed by atoms with Crippen LogP contribution in [0.1, 0.15) is 0 Å². The summed E-state index contributed by atoms with van der Waals surface area (Å²) >= 11 is 5.89. The third-order valence-electron chi connectivity index (χ3n) is 2.94. The van der Waals surface area contributed by atoms with E-state index in [1.807, 2.05) is 24.3 Å². The molecule has 2 aromatic carbocycles. The molecule has 0 aliphatic heterocycles. The smallest absolute Gasteiger partial charge is 0.155 e. The SMILES string of the molecule is Nc1ccc(Cl)nc1Nc1cccc2ccccc12. The first-order valence-corrected chi connectivity index (χ1v) is 6.28. The van der Waals surface area contributed by atoms with Gasteiger partial charge >= 0.3 is 0 Å². The van der Waals surface area contributed by atoms with E-state index in [1.165, 1.54) is 0 Å². The normalized spacial score (nSPS) is 10.6. The first-order valence-electron chi connectivity index (χ1n) is 5.91. The van der Waals surface area contributed by atoms with E-state index in [2.05, 4.69) is 28.5 Å². The molecule has 3 N–H and O–H groups in total. The topological polar surface area (TPSA) is 50.9 Å². The van der Waals surface area contributed by atoms with Crippen LogP contribution in [-0.2, 0) is 0 Å². The lowest BCUT2D eigenvalue weighted by atomic mass is 10.1. The van der Waals surface area contributed by atoms with Gasteiger partial charge in [-0.3, -0.25) is 0 Å². The van der Waals surface area contributed by atoms with Crippen LogP contribution in [0.25, 0.3) is 10.8 Å². The average Bonchev–Trinajstić information content (AvgIpc) is 2.43. The van der Waals surface area contributed by atoms with Crippen molar-refractivity contribution in [1.29, 1.82) is 0 Å². The van der Waals surface area contributed by atoms with Gasteiger partial charge < -0.3 is 11.1 Å². The Balaban J connectivity index is 2.08. The van der Waals surface area contributed by atoms with Gasteiger partial charge in [0.2, 0.25) is 0 Å². The molecule has 4 heteroatoms. The Bertz CT molecular complexity index is 735. The fraction of sp³-hybridized carbons (Fsp3) is 0. The number of fused-ring (bicyclic) bond motifs is 1. The third kappa shape index (κ3) is 2.33. The molecule has 0 fully saturated rings. The number of anilines is 3. The van der Waals surface area contributed by atoms with Crippen LogP contribution in [0.2, 0.25) is 5.15 Å². The molecule has 0 spiro atoms. The molecule has 3 rings (SSSR count). The van der Waals surface area contributed by atoms with Crippen LogP contribution in [0.3, 0.4) is 0 Å². The van der Waals surface area contributed by atoms with Crippen molar-refractivity contribution in [2.24, 2.45) is 0 Å². The lowest BCUT2D eigenvalue weighted by molar-refractivity contribution is 1.31. The second kappa shape index (κ2) is 4.78. The summed E-state index contributed by atoms with van der Waals surface area (Å²) in [6, 6.07) is 17.6. The molecule has 0 bridgehead atoms. The van der Waals surface area contributed by atoms with E-state index in [0.717, 1.165) is 16.5 Å². The Morgan fingerprint density at radius 3 is 2.63 bits per heavy atom. The van der Waals surface area contributed by atoms with E-state index in [4.69, 9.17) is 17.3 Å². The molecule has 3 aromatic rings. The first kappa shape index (κ1) is 11.8. The quantitative estimate of drug-likeness (QED) is 0.685. The molecule has 94 valence electrons. The predicted molar refractivity (Wildman–Crippen MR) is 80.9 cm³/mol. The van der Waals surface area contributed by atoms with Gasteiger partial charge in [-0.05, 0) is 23.6 Å². The van der Waals surface area contributed by atoms with Gasteiger partial charge in [0.25, 0.3) is 0 Å². The van der Waals surface area contributed by atoms with E-state index in [9.17, 15) is 0 Å². The van der Waals surface area contributed by atoms with Gasteiger partial charge in [-0.25, -0.2) is 4.98 Å². The Labute approximate surface area is 116 Å². The Kier molecular flexibility index (Phi) is 2.97. The summed E-state index contributed by atoms with van der Waals surface area (Å²) in [5.41, 5.74) is 7.42. The van der Waals surface area contributed by atoms with Crippen LogP contribution in [0.5, 0.6) is 0 Å². The monoisotopic (exact) mass is 269 g/mol. The highest BCUT2D eigenvalue weighted by Crippen LogP contribution is 2.28. The number of nitrogens with zero attached hydrogens (tertiary/aromatic N) is 1. The van der Waals surface area contributed by atoms with Crippen LogP contribution >= 0.6 is 11.6 Å². The van der Waals surface area contributed by atoms with Crippen molar-refractivity contribution in [2.45, 2.75) is 0 Å². The number of nitrogen functional groups attached to an aromatic ring is 1. The van der Waals surface area contributed by atoms with Crippen LogP contribution in [0, 0.1) is 0 Å². The van der Waals surface area contributed by atoms with Crippen molar-refractivity contribution in [3.63, 3.8) is 0 Å². The minimum atomic E-state index is 0.414. The second-order valence-corrected chi connectivity index (χ2v) is 4.61. The van der Waals surface area contributed by atoms with Crippen molar-refractivity contribution in [2.75, 3.05) is 11.1 Å². The average molecular weight is 270 g/mol. The summed E-state index contributed by atoms with van der Waals surface area (Å²) in [5, 5.41) is 5.93. The maximum atomic E-state index is 5.90. The molecule has 0 unspecified atom stereocenters. The zero-order valence-corrected chi connectivity index (χ0v) is 10.9. The zero-order chi connectivity index (χ0) is 13.2. The molecule has 0 aliphatic rings. The number of benzene rings is 2. The molecule has 0 amide bonds. The van der Waals surface area contributed by atoms with Crippen LogP contribution in [-0.4, -0.2) is 4.98 Å². The van der Waals surface area contributed by atoms with Crippen molar-refractivity contribution in [1.82, 2.24) is 4.98 Å². The molecule has 1 aromatic heterocycles. The largest absolute Gasteiger partial charge is 0.396 e. The molecular formula is C15H12ClN3. The Morgan fingerprint density at radius 1 is 0.947 bits per heavy atom. The standard InChI is InChI=1S/C15H12ClN3/c16-14-9-8-12(17)15(19-14)18-13-7-3-5-10-4-1-2-6-11(10)13/h1-9H,17H2,(H,18,19). The van der Waals surface area contributed by atoms with E-state index in [1.54, 1.807) is 12.1 Å². The van der Waals surface area contributed by atoms with Gasteiger partial charge in [0.05, 0.1) is 5.69 Å². The summed E-state index contributed by atoms with van der Waals surface area (Å²) in [4.78, 5) is 4.20. The van der Waals surface area contributed by atoms with E-state index >= 15 is 0 Å². The number of hydrogen-bond acceptors (Lipinski definition) is 3. The van der Waals surface area contributed by atoms with Crippen molar-refractivity contribution in [3.05, 3.63) is 59.8 Å². The molecule has 19 heavy (non-hydrogen) atoms. The van der Waals surface area contributed by atoms with Crippen LogP contribution in [0.4, 0.5) is 17.2 Å². The summed E-state index contributed by atoms with van der Waals surface area (Å²) < 4.78 is 0.